The zero-order chi connectivity index (χ0) is 17.1. The minimum atomic E-state index is -0.513. The van der Waals surface area contributed by atoms with Crippen LogP contribution in [0.4, 0.5) is 15.8 Å². The van der Waals surface area contributed by atoms with Crippen molar-refractivity contribution in [1.82, 2.24) is 0 Å². The predicted octanol–water partition coefficient (Wildman–Crippen LogP) is 3.26. The van der Waals surface area contributed by atoms with Crippen molar-refractivity contribution in [2.24, 2.45) is 5.10 Å². The van der Waals surface area contributed by atoms with Crippen molar-refractivity contribution in [1.29, 1.82) is 0 Å². The van der Waals surface area contributed by atoms with Gasteiger partial charge in [0.15, 0.2) is 0 Å². The standard InChI is InChI=1S/C18H16FN3O2/c1-12-7-8-14(19)16(11-12)20-18(24)15-9-10-17(23)22(21-15)13-5-3-2-4-6-13/h2-8,11H,9-10H2,1H3,(H,20,24). The number of carbonyl (C=O) groups is 2. The van der Waals surface area contributed by atoms with Crippen molar-refractivity contribution in [3.63, 3.8) is 0 Å². The van der Waals surface area contributed by atoms with Crippen LogP contribution in [-0.4, -0.2) is 17.5 Å². The molecule has 0 spiro atoms. The Labute approximate surface area is 138 Å². The molecule has 6 heteroatoms. The fourth-order valence-corrected chi connectivity index (χ4v) is 2.42. The molecule has 0 saturated heterocycles. The van der Waals surface area contributed by atoms with Crippen LogP contribution >= 0.6 is 0 Å². The van der Waals surface area contributed by atoms with Gasteiger partial charge in [-0.05, 0) is 36.8 Å². The third kappa shape index (κ3) is 3.32. The largest absolute Gasteiger partial charge is 0.318 e. The molecule has 3 rings (SSSR count). The lowest BCUT2D eigenvalue weighted by atomic mass is 10.1. The number of hydrogen-bond acceptors (Lipinski definition) is 3. The number of amides is 2. The Morgan fingerprint density at radius 1 is 1.17 bits per heavy atom. The molecule has 0 fully saturated rings. The molecule has 0 aliphatic carbocycles. The Hall–Kier alpha value is -3.02. The van der Waals surface area contributed by atoms with Gasteiger partial charge in [-0.3, -0.25) is 9.59 Å². The van der Waals surface area contributed by atoms with Gasteiger partial charge in [0.25, 0.3) is 5.91 Å². The zero-order valence-electron chi connectivity index (χ0n) is 13.1. The third-order valence-electron chi connectivity index (χ3n) is 3.67. The molecule has 122 valence electrons. The number of aryl methyl sites for hydroxylation is 1. The number of nitrogens with one attached hydrogen (secondary N) is 1. The Balaban J connectivity index is 1.84. The Kier molecular flexibility index (Phi) is 4.37. The summed E-state index contributed by atoms with van der Waals surface area (Å²) >= 11 is 0. The molecule has 1 aliphatic heterocycles. The number of para-hydroxylation sites is 1. The van der Waals surface area contributed by atoms with E-state index in [-0.39, 0.29) is 30.1 Å². The molecule has 5 nitrogen and oxygen atoms in total. The molecule has 24 heavy (non-hydrogen) atoms. The second-order valence-corrected chi connectivity index (χ2v) is 5.53. The van der Waals surface area contributed by atoms with E-state index in [0.29, 0.717) is 5.69 Å². The highest BCUT2D eigenvalue weighted by atomic mass is 19.1. The molecule has 0 unspecified atom stereocenters. The lowest BCUT2D eigenvalue weighted by Gasteiger charge is -2.23. The Bertz CT molecular complexity index is 818. The summed E-state index contributed by atoms with van der Waals surface area (Å²) in [5.41, 5.74) is 1.72. The van der Waals surface area contributed by atoms with Gasteiger partial charge in [0.2, 0.25) is 5.91 Å². The number of nitrogens with zero attached hydrogens (tertiary/aromatic N) is 2. The van der Waals surface area contributed by atoms with Gasteiger partial charge in [0.05, 0.1) is 11.4 Å². The van der Waals surface area contributed by atoms with Crippen LogP contribution in [-0.2, 0) is 9.59 Å². The van der Waals surface area contributed by atoms with E-state index in [0.717, 1.165) is 5.56 Å². The molecule has 0 saturated carbocycles. The van der Waals surface area contributed by atoms with Crippen LogP contribution in [0.25, 0.3) is 0 Å². The topological polar surface area (TPSA) is 61.8 Å². The summed E-state index contributed by atoms with van der Waals surface area (Å²) in [6, 6.07) is 13.4. The second-order valence-electron chi connectivity index (χ2n) is 5.53. The maximum atomic E-state index is 13.8. The smallest absolute Gasteiger partial charge is 0.271 e. The van der Waals surface area contributed by atoms with E-state index in [2.05, 4.69) is 10.4 Å². The zero-order valence-corrected chi connectivity index (χ0v) is 13.1. The van der Waals surface area contributed by atoms with Crippen LogP contribution in [0.5, 0.6) is 0 Å². The first-order valence-corrected chi connectivity index (χ1v) is 7.57. The van der Waals surface area contributed by atoms with Crippen molar-refractivity contribution >= 4 is 28.9 Å². The van der Waals surface area contributed by atoms with Gasteiger partial charge in [-0.25, -0.2) is 9.40 Å². The van der Waals surface area contributed by atoms with Gasteiger partial charge in [-0.1, -0.05) is 24.3 Å². The lowest BCUT2D eigenvalue weighted by molar-refractivity contribution is -0.118. The van der Waals surface area contributed by atoms with E-state index in [1.165, 1.54) is 11.1 Å². The summed E-state index contributed by atoms with van der Waals surface area (Å²) in [6.07, 6.45) is 0.402. The molecule has 2 amide bonds. The molecule has 0 aromatic heterocycles. The monoisotopic (exact) mass is 325 g/mol. The molecule has 2 aromatic carbocycles. The van der Waals surface area contributed by atoms with Crippen molar-refractivity contribution in [2.45, 2.75) is 19.8 Å². The molecular weight excluding hydrogens is 309 g/mol. The summed E-state index contributed by atoms with van der Waals surface area (Å²) in [7, 11) is 0. The van der Waals surface area contributed by atoms with Crippen LogP contribution in [0, 0.1) is 12.7 Å². The molecule has 0 radical (unpaired) electrons. The molecule has 1 heterocycles. The van der Waals surface area contributed by atoms with E-state index in [1.54, 1.807) is 36.4 Å². The third-order valence-corrected chi connectivity index (χ3v) is 3.67. The van der Waals surface area contributed by atoms with Crippen LogP contribution < -0.4 is 10.3 Å². The van der Waals surface area contributed by atoms with Crippen LogP contribution in [0.15, 0.2) is 53.6 Å². The number of hydrogen-bond donors (Lipinski definition) is 1. The van der Waals surface area contributed by atoms with E-state index in [9.17, 15) is 14.0 Å². The maximum absolute atomic E-state index is 13.8. The summed E-state index contributed by atoms with van der Waals surface area (Å²) in [6.45, 7) is 1.81. The predicted molar refractivity (Wildman–Crippen MR) is 90.4 cm³/mol. The second kappa shape index (κ2) is 6.62. The van der Waals surface area contributed by atoms with Gasteiger partial charge in [0, 0.05) is 12.8 Å². The molecule has 0 bridgehead atoms. The van der Waals surface area contributed by atoms with Crippen molar-refractivity contribution in [3.8, 4) is 0 Å². The maximum Gasteiger partial charge on any atom is 0.271 e. The first-order chi connectivity index (χ1) is 11.5. The molecule has 0 atom stereocenters. The molecule has 2 aromatic rings. The highest BCUT2D eigenvalue weighted by molar-refractivity contribution is 6.44. The normalized spacial score (nSPS) is 14.3. The number of anilines is 2. The average molecular weight is 325 g/mol. The Morgan fingerprint density at radius 3 is 2.67 bits per heavy atom. The summed E-state index contributed by atoms with van der Waals surface area (Å²) in [4.78, 5) is 24.4. The number of hydrazone groups is 1. The summed E-state index contributed by atoms with van der Waals surface area (Å²) in [5, 5.41) is 7.89. The van der Waals surface area contributed by atoms with Crippen molar-refractivity contribution in [3.05, 3.63) is 59.9 Å². The highest BCUT2D eigenvalue weighted by Gasteiger charge is 2.25. The highest BCUT2D eigenvalue weighted by Crippen LogP contribution is 2.21. The molecule has 1 N–H and O–H groups in total. The number of rotatable bonds is 3. The van der Waals surface area contributed by atoms with Gasteiger partial charge in [-0.2, -0.15) is 5.10 Å². The van der Waals surface area contributed by atoms with Crippen LogP contribution in [0.1, 0.15) is 18.4 Å². The SMILES string of the molecule is Cc1ccc(F)c(NC(=O)C2=NN(c3ccccc3)C(=O)CC2)c1. The number of benzene rings is 2. The van der Waals surface area contributed by atoms with Gasteiger partial charge in [0.1, 0.15) is 11.5 Å². The van der Waals surface area contributed by atoms with Gasteiger partial charge < -0.3 is 5.32 Å². The number of carbonyl (C=O) groups excluding carboxylic acids is 2. The average Bonchev–Trinajstić information content (AvgIpc) is 2.59. The van der Waals surface area contributed by atoms with E-state index in [1.807, 2.05) is 13.0 Å². The van der Waals surface area contributed by atoms with Crippen LogP contribution in [0.3, 0.4) is 0 Å². The quantitative estimate of drug-likeness (QED) is 0.941. The first kappa shape index (κ1) is 15.9. The summed E-state index contributed by atoms with van der Waals surface area (Å²) < 4.78 is 13.8. The molecular formula is C18H16FN3O2. The van der Waals surface area contributed by atoms with Gasteiger partial charge >= 0.3 is 0 Å². The number of halogens is 1. The van der Waals surface area contributed by atoms with E-state index >= 15 is 0 Å². The summed E-state index contributed by atoms with van der Waals surface area (Å²) in [5.74, 6) is -1.20. The van der Waals surface area contributed by atoms with E-state index < -0.39 is 11.7 Å². The molecule has 1 aliphatic rings. The Morgan fingerprint density at radius 2 is 1.92 bits per heavy atom. The first-order valence-electron chi connectivity index (χ1n) is 7.57. The fourth-order valence-electron chi connectivity index (χ4n) is 2.42. The van der Waals surface area contributed by atoms with Crippen molar-refractivity contribution in [2.75, 3.05) is 10.3 Å². The lowest BCUT2D eigenvalue weighted by Crippen LogP contribution is -2.36. The van der Waals surface area contributed by atoms with Crippen molar-refractivity contribution < 1.29 is 14.0 Å². The van der Waals surface area contributed by atoms with Crippen LogP contribution in [0.2, 0.25) is 0 Å². The fraction of sp³-hybridized carbons (Fsp3) is 0.167. The van der Waals surface area contributed by atoms with Gasteiger partial charge in [-0.15, -0.1) is 0 Å². The minimum absolute atomic E-state index is 0.103. The minimum Gasteiger partial charge on any atom is -0.318 e. The van der Waals surface area contributed by atoms with E-state index in [4.69, 9.17) is 0 Å².